The Hall–Kier alpha value is -0.870. The third kappa shape index (κ3) is 3.07. The van der Waals surface area contributed by atoms with Gasteiger partial charge in [-0.05, 0) is 26.8 Å². The summed E-state index contributed by atoms with van der Waals surface area (Å²) in [7, 11) is 2.10. The quantitative estimate of drug-likeness (QED) is 0.865. The first-order valence-electron chi connectivity index (χ1n) is 6.60. The fourth-order valence-corrected chi connectivity index (χ4v) is 2.67. The minimum Gasteiger partial charge on any atom is -0.391 e. The predicted octanol–water partition coefficient (Wildman–Crippen LogP) is 1.64. The van der Waals surface area contributed by atoms with Crippen LogP contribution < -0.4 is 0 Å². The normalized spacial score (nSPS) is 25.4. The Morgan fingerprint density at radius 3 is 2.88 bits per heavy atom. The minimum absolute atomic E-state index is 0.157. The molecule has 2 atom stereocenters. The molecular formula is C13H23N3O. The minimum atomic E-state index is -0.157. The number of likely N-dealkylation sites (N-methyl/N-ethyl adjacent to an activating group) is 1. The Morgan fingerprint density at radius 1 is 1.47 bits per heavy atom. The molecule has 0 bridgehead atoms. The van der Waals surface area contributed by atoms with E-state index in [1.165, 1.54) is 18.4 Å². The summed E-state index contributed by atoms with van der Waals surface area (Å²) in [5.74, 6) is 0. The second kappa shape index (κ2) is 5.65. The summed E-state index contributed by atoms with van der Waals surface area (Å²) in [6, 6.07) is 0.314. The fourth-order valence-electron chi connectivity index (χ4n) is 2.67. The Kier molecular flexibility index (Phi) is 4.18. The number of aromatic nitrogens is 2. The number of aryl methyl sites for hydroxylation is 1. The molecule has 1 aliphatic rings. The Morgan fingerprint density at radius 2 is 2.24 bits per heavy atom. The number of hydrogen-bond acceptors (Lipinski definition) is 3. The summed E-state index contributed by atoms with van der Waals surface area (Å²) in [5, 5.41) is 14.3. The third-order valence-electron chi connectivity index (χ3n) is 3.70. The van der Waals surface area contributed by atoms with E-state index in [0.29, 0.717) is 6.04 Å². The van der Waals surface area contributed by atoms with Gasteiger partial charge in [0, 0.05) is 30.9 Å². The second-order valence-corrected chi connectivity index (χ2v) is 5.04. The van der Waals surface area contributed by atoms with Gasteiger partial charge in [0.05, 0.1) is 12.3 Å². The first-order chi connectivity index (χ1) is 8.20. The molecule has 4 heteroatoms. The summed E-state index contributed by atoms with van der Waals surface area (Å²) in [6.45, 7) is 3.88. The van der Waals surface area contributed by atoms with Gasteiger partial charge in [-0.3, -0.25) is 9.58 Å². The lowest BCUT2D eigenvalue weighted by Gasteiger charge is -2.34. The highest BCUT2D eigenvalue weighted by Crippen LogP contribution is 2.23. The van der Waals surface area contributed by atoms with E-state index in [4.69, 9.17) is 0 Å². The van der Waals surface area contributed by atoms with Gasteiger partial charge in [-0.2, -0.15) is 5.10 Å². The maximum Gasteiger partial charge on any atom is 0.0695 e. The summed E-state index contributed by atoms with van der Waals surface area (Å²) in [6.07, 6.45) is 8.32. The molecule has 1 saturated carbocycles. The molecule has 1 aliphatic carbocycles. The Labute approximate surface area is 103 Å². The van der Waals surface area contributed by atoms with Crippen molar-refractivity contribution in [3.63, 3.8) is 0 Å². The van der Waals surface area contributed by atoms with Crippen LogP contribution in [0.1, 0.15) is 38.2 Å². The van der Waals surface area contributed by atoms with Crippen LogP contribution in [0.2, 0.25) is 0 Å². The van der Waals surface area contributed by atoms with Crippen LogP contribution in [0.4, 0.5) is 0 Å². The van der Waals surface area contributed by atoms with Crippen molar-refractivity contribution in [2.24, 2.45) is 0 Å². The summed E-state index contributed by atoms with van der Waals surface area (Å²) < 4.78 is 1.94. The number of nitrogens with zero attached hydrogens (tertiary/aromatic N) is 3. The van der Waals surface area contributed by atoms with E-state index in [1.54, 1.807) is 0 Å². The molecule has 2 unspecified atom stereocenters. The van der Waals surface area contributed by atoms with Crippen LogP contribution in [0.3, 0.4) is 0 Å². The molecule has 1 aromatic rings. The van der Waals surface area contributed by atoms with Gasteiger partial charge in [0.2, 0.25) is 0 Å². The van der Waals surface area contributed by atoms with E-state index < -0.39 is 0 Å². The van der Waals surface area contributed by atoms with E-state index in [9.17, 15) is 5.11 Å². The monoisotopic (exact) mass is 237 g/mol. The molecule has 0 radical (unpaired) electrons. The van der Waals surface area contributed by atoms with Crippen LogP contribution in [-0.2, 0) is 13.1 Å². The fraction of sp³-hybridized carbons (Fsp3) is 0.769. The summed E-state index contributed by atoms with van der Waals surface area (Å²) >= 11 is 0. The van der Waals surface area contributed by atoms with E-state index in [0.717, 1.165) is 25.9 Å². The number of aliphatic hydroxyl groups is 1. The van der Waals surface area contributed by atoms with Gasteiger partial charge in [-0.15, -0.1) is 0 Å². The molecule has 1 N–H and O–H groups in total. The van der Waals surface area contributed by atoms with Crippen molar-refractivity contribution in [2.45, 2.75) is 57.8 Å². The lowest BCUT2D eigenvalue weighted by Crippen LogP contribution is -2.42. The zero-order valence-corrected chi connectivity index (χ0v) is 10.8. The van der Waals surface area contributed by atoms with Crippen molar-refractivity contribution in [3.8, 4) is 0 Å². The molecule has 1 heterocycles. The van der Waals surface area contributed by atoms with E-state index >= 15 is 0 Å². The average Bonchev–Trinajstić information content (AvgIpc) is 2.77. The van der Waals surface area contributed by atoms with Gasteiger partial charge >= 0.3 is 0 Å². The molecule has 0 saturated heterocycles. The third-order valence-corrected chi connectivity index (χ3v) is 3.70. The smallest absolute Gasteiger partial charge is 0.0695 e. The van der Waals surface area contributed by atoms with Crippen LogP contribution in [-0.4, -0.2) is 39.0 Å². The summed E-state index contributed by atoms with van der Waals surface area (Å²) in [5.41, 5.74) is 1.23. The van der Waals surface area contributed by atoms with Crippen molar-refractivity contribution in [1.82, 2.24) is 14.7 Å². The highest BCUT2D eigenvalue weighted by molar-refractivity contribution is 5.04. The average molecular weight is 237 g/mol. The van der Waals surface area contributed by atoms with Gasteiger partial charge in [0.1, 0.15) is 0 Å². The largest absolute Gasteiger partial charge is 0.391 e. The van der Waals surface area contributed by atoms with Crippen LogP contribution in [0.25, 0.3) is 0 Å². The molecule has 4 nitrogen and oxygen atoms in total. The SMILES string of the molecule is CCn1cc(CN(C)C2CCCCC2O)cn1. The van der Waals surface area contributed by atoms with Crippen molar-refractivity contribution in [3.05, 3.63) is 18.0 Å². The van der Waals surface area contributed by atoms with Gasteiger partial charge in [-0.1, -0.05) is 12.8 Å². The maximum atomic E-state index is 10.0. The lowest BCUT2D eigenvalue weighted by molar-refractivity contribution is 0.0288. The number of hydrogen-bond donors (Lipinski definition) is 1. The predicted molar refractivity (Wildman–Crippen MR) is 67.6 cm³/mol. The van der Waals surface area contributed by atoms with Crippen molar-refractivity contribution >= 4 is 0 Å². The molecular weight excluding hydrogens is 214 g/mol. The second-order valence-electron chi connectivity index (χ2n) is 5.04. The zero-order valence-electron chi connectivity index (χ0n) is 10.8. The molecule has 1 fully saturated rings. The number of aliphatic hydroxyl groups excluding tert-OH is 1. The molecule has 0 amide bonds. The Bertz CT molecular complexity index is 350. The number of rotatable bonds is 4. The van der Waals surface area contributed by atoms with Gasteiger partial charge in [-0.25, -0.2) is 0 Å². The van der Waals surface area contributed by atoms with Crippen LogP contribution in [0.5, 0.6) is 0 Å². The molecule has 2 rings (SSSR count). The standard InChI is InChI=1S/C13H23N3O/c1-3-16-10-11(8-14-16)9-15(2)12-6-4-5-7-13(12)17/h8,10,12-13,17H,3-7,9H2,1-2H3. The van der Waals surface area contributed by atoms with Crippen molar-refractivity contribution < 1.29 is 5.11 Å². The van der Waals surface area contributed by atoms with E-state index in [2.05, 4.69) is 30.2 Å². The topological polar surface area (TPSA) is 41.3 Å². The molecule has 0 spiro atoms. The zero-order chi connectivity index (χ0) is 12.3. The highest BCUT2D eigenvalue weighted by atomic mass is 16.3. The van der Waals surface area contributed by atoms with Gasteiger partial charge < -0.3 is 5.11 Å². The maximum absolute atomic E-state index is 10.0. The Balaban J connectivity index is 1.93. The van der Waals surface area contributed by atoms with Crippen molar-refractivity contribution in [2.75, 3.05) is 7.05 Å². The van der Waals surface area contributed by atoms with Crippen molar-refractivity contribution in [1.29, 1.82) is 0 Å². The molecule has 0 aliphatic heterocycles. The molecule has 17 heavy (non-hydrogen) atoms. The van der Waals surface area contributed by atoms with Gasteiger partial charge in [0.25, 0.3) is 0 Å². The first kappa shape index (κ1) is 12.6. The van der Waals surface area contributed by atoms with Crippen LogP contribution >= 0.6 is 0 Å². The summed E-state index contributed by atoms with van der Waals surface area (Å²) in [4.78, 5) is 2.26. The lowest BCUT2D eigenvalue weighted by atomic mass is 9.91. The molecule has 1 aromatic heterocycles. The van der Waals surface area contributed by atoms with Crippen LogP contribution in [0.15, 0.2) is 12.4 Å². The van der Waals surface area contributed by atoms with Gasteiger partial charge in [0.15, 0.2) is 0 Å². The van der Waals surface area contributed by atoms with E-state index in [-0.39, 0.29) is 6.10 Å². The molecule has 0 aromatic carbocycles. The van der Waals surface area contributed by atoms with E-state index in [1.807, 2.05) is 10.9 Å². The first-order valence-corrected chi connectivity index (χ1v) is 6.60. The highest BCUT2D eigenvalue weighted by Gasteiger charge is 2.26. The van der Waals surface area contributed by atoms with Crippen LogP contribution in [0, 0.1) is 0 Å². The molecule has 96 valence electrons.